The number of aryl methyl sites for hydroxylation is 1. The van der Waals surface area contributed by atoms with Crippen molar-refractivity contribution < 1.29 is 0 Å². The average Bonchev–Trinajstić information content (AvgIpc) is 3.06. The van der Waals surface area contributed by atoms with Crippen LogP contribution in [0, 0.1) is 6.92 Å². The first-order chi connectivity index (χ1) is 11.6. The van der Waals surface area contributed by atoms with Crippen LogP contribution in [0.15, 0.2) is 55.0 Å². The third kappa shape index (κ3) is 3.86. The molecule has 0 bridgehead atoms. The molecule has 3 aromatic rings. The average molecular weight is 321 g/mol. The minimum absolute atomic E-state index is 0.272. The van der Waals surface area contributed by atoms with Crippen LogP contribution in [0.5, 0.6) is 0 Å². The maximum absolute atomic E-state index is 4.66. The summed E-state index contributed by atoms with van der Waals surface area (Å²) in [5.41, 5.74) is 3.20. The molecule has 0 fully saturated rings. The van der Waals surface area contributed by atoms with Gasteiger partial charge in [0, 0.05) is 30.5 Å². The van der Waals surface area contributed by atoms with E-state index in [2.05, 4.69) is 47.4 Å². The Hall–Kier alpha value is -2.53. The van der Waals surface area contributed by atoms with Crippen LogP contribution in [-0.2, 0) is 6.54 Å². The van der Waals surface area contributed by atoms with Gasteiger partial charge in [0.05, 0.1) is 17.9 Å². The fourth-order valence-corrected chi connectivity index (χ4v) is 2.54. The minimum atomic E-state index is 0.272. The van der Waals surface area contributed by atoms with Gasteiger partial charge in [-0.1, -0.05) is 30.3 Å². The van der Waals surface area contributed by atoms with E-state index in [1.807, 2.05) is 53.5 Å². The van der Waals surface area contributed by atoms with Gasteiger partial charge in [-0.25, -0.2) is 9.97 Å². The number of rotatable bonds is 6. The zero-order valence-electron chi connectivity index (χ0n) is 14.3. The van der Waals surface area contributed by atoms with Gasteiger partial charge in [0.2, 0.25) is 0 Å². The Kier molecular flexibility index (Phi) is 5.01. The van der Waals surface area contributed by atoms with Crippen molar-refractivity contribution in [1.29, 1.82) is 0 Å². The van der Waals surface area contributed by atoms with E-state index >= 15 is 0 Å². The summed E-state index contributed by atoms with van der Waals surface area (Å²) >= 11 is 0. The molecule has 24 heavy (non-hydrogen) atoms. The Balaban J connectivity index is 1.64. The van der Waals surface area contributed by atoms with Crippen LogP contribution in [0.1, 0.15) is 31.1 Å². The quantitative estimate of drug-likeness (QED) is 0.756. The van der Waals surface area contributed by atoms with Crippen molar-refractivity contribution in [2.45, 2.75) is 39.4 Å². The summed E-state index contributed by atoms with van der Waals surface area (Å²) in [6.45, 7) is 7.09. The molecular weight excluding hydrogens is 298 g/mol. The van der Waals surface area contributed by atoms with Crippen molar-refractivity contribution in [3.8, 4) is 11.4 Å². The molecule has 124 valence electrons. The van der Waals surface area contributed by atoms with Gasteiger partial charge in [-0.15, -0.1) is 0 Å². The highest BCUT2D eigenvalue weighted by Gasteiger charge is 2.14. The molecule has 2 heterocycles. The molecule has 0 amide bonds. The van der Waals surface area contributed by atoms with Crippen molar-refractivity contribution in [2.75, 3.05) is 0 Å². The van der Waals surface area contributed by atoms with Crippen molar-refractivity contribution in [3.63, 3.8) is 0 Å². The summed E-state index contributed by atoms with van der Waals surface area (Å²) in [6, 6.07) is 12.5. The van der Waals surface area contributed by atoms with Crippen LogP contribution >= 0.6 is 0 Å². The lowest BCUT2D eigenvalue weighted by molar-refractivity contribution is 0.363. The molecule has 0 aliphatic rings. The number of nitrogens with one attached hydrogen (secondary N) is 1. The smallest absolute Gasteiger partial charge is 0.159 e. The van der Waals surface area contributed by atoms with Crippen molar-refractivity contribution in [1.82, 2.24) is 25.1 Å². The Morgan fingerprint density at radius 1 is 1.12 bits per heavy atom. The largest absolute Gasteiger partial charge is 0.307 e. The first kappa shape index (κ1) is 16.3. The van der Waals surface area contributed by atoms with E-state index in [1.165, 1.54) is 5.56 Å². The molecule has 0 radical (unpaired) electrons. The summed E-state index contributed by atoms with van der Waals surface area (Å²) in [5, 5.41) is 7.93. The van der Waals surface area contributed by atoms with E-state index in [0.717, 1.165) is 17.1 Å². The maximum Gasteiger partial charge on any atom is 0.159 e. The van der Waals surface area contributed by atoms with Gasteiger partial charge in [0.1, 0.15) is 0 Å². The molecule has 5 nitrogen and oxygen atoms in total. The summed E-state index contributed by atoms with van der Waals surface area (Å²) in [7, 11) is 0. The summed E-state index contributed by atoms with van der Waals surface area (Å²) in [4.78, 5) is 9.02. The topological polar surface area (TPSA) is 55.6 Å². The second-order valence-electron chi connectivity index (χ2n) is 6.15. The molecule has 1 aromatic carbocycles. The standard InChI is InChI=1S/C19H23N5/c1-14-11-22-24(13-14)16(3)15(2)21-12-18-9-10-20-19(23-18)17-7-5-4-6-8-17/h4-11,13,15-16,21H,12H2,1-3H3/t15-,16-/m0/s1. The van der Waals surface area contributed by atoms with Crippen LogP contribution in [0.25, 0.3) is 11.4 Å². The van der Waals surface area contributed by atoms with Gasteiger partial charge >= 0.3 is 0 Å². The van der Waals surface area contributed by atoms with E-state index < -0.39 is 0 Å². The lowest BCUT2D eigenvalue weighted by atomic mass is 10.1. The predicted molar refractivity (Wildman–Crippen MR) is 95.4 cm³/mol. The van der Waals surface area contributed by atoms with Crippen LogP contribution in [-0.4, -0.2) is 25.8 Å². The van der Waals surface area contributed by atoms with Gasteiger partial charge in [-0.3, -0.25) is 4.68 Å². The molecule has 3 rings (SSSR count). The van der Waals surface area contributed by atoms with Crippen LogP contribution in [0.2, 0.25) is 0 Å². The van der Waals surface area contributed by atoms with Crippen LogP contribution in [0.4, 0.5) is 0 Å². The van der Waals surface area contributed by atoms with Gasteiger partial charge in [0.15, 0.2) is 5.82 Å². The molecular formula is C19H23N5. The zero-order valence-corrected chi connectivity index (χ0v) is 14.3. The Morgan fingerprint density at radius 2 is 1.92 bits per heavy atom. The Labute approximate surface area is 142 Å². The highest BCUT2D eigenvalue weighted by atomic mass is 15.3. The molecule has 2 aromatic heterocycles. The van der Waals surface area contributed by atoms with Crippen molar-refractivity contribution in [2.24, 2.45) is 0 Å². The predicted octanol–water partition coefficient (Wildman–Crippen LogP) is 3.39. The SMILES string of the molecule is Cc1cnn([C@@H](C)[C@H](C)NCc2ccnc(-c3ccccc3)n2)c1. The lowest BCUT2D eigenvalue weighted by Gasteiger charge is -2.21. The molecule has 0 saturated heterocycles. The highest BCUT2D eigenvalue weighted by Crippen LogP contribution is 2.14. The first-order valence-electron chi connectivity index (χ1n) is 8.25. The molecule has 0 aliphatic carbocycles. The van der Waals surface area contributed by atoms with E-state index in [-0.39, 0.29) is 12.1 Å². The molecule has 0 unspecified atom stereocenters. The van der Waals surface area contributed by atoms with Crippen molar-refractivity contribution in [3.05, 3.63) is 66.2 Å². The lowest BCUT2D eigenvalue weighted by Crippen LogP contribution is -2.33. The molecule has 0 spiro atoms. The molecule has 2 atom stereocenters. The van der Waals surface area contributed by atoms with E-state index in [9.17, 15) is 0 Å². The van der Waals surface area contributed by atoms with E-state index in [0.29, 0.717) is 6.54 Å². The summed E-state index contributed by atoms with van der Waals surface area (Å²) in [6.07, 6.45) is 5.78. The zero-order chi connectivity index (χ0) is 16.9. The summed E-state index contributed by atoms with van der Waals surface area (Å²) < 4.78 is 2.00. The van der Waals surface area contributed by atoms with Gasteiger partial charge in [0.25, 0.3) is 0 Å². The van der Waals surface area contributed by atoms with Crippen LogP contribution < -0.4 is 5.32 Å². The second kappa shape index (κ2) is 7.36. The third-order valence-corrected chi connectivity index (χ3v) is 4.22. The minimum Gasteiger partial charge on any atom is -0.307 e. The number of aromatic nitrogens is 4. The number of nitrogens with zero attached hydrogens (tertiary/aromatic N) is 4. The molecule has 0 saturated carbocycles. The monoisotopic (exact) mass is 321 g/mol. The van der Waals surface area contributed by atoms with Gasteiger partial charge in [-0.05, 0) is 32.4 Å². The molecule has 0 aliphatic heterocycles. The molecule has 5 heteroatoms. The molecule has 1 N–H and O–H groups in total. The number of hydrogen-bond acceptors (Lipinski definition) is 4. The number of hydrogen-bond donors (Lipinski definition) is 1. The van der Waals surface area contributed by atoms with E-state index in [4.69, 9.17) is 0 Å². The van der Waals surface area contributed by atoms with Gasteiger partial charge < -0.3 is 5.32 Å². The number of benzene rings is 1. The fraction of sp³-hybridized carbons (Fsp3) is 0.316. The first-order valence-corrected chi connectivity index (χ1v) is 8.25. The van der Waals surface area contributed by atoms with E-state index in [1.54, 1.807) is 0 Å². The normalized spacial score (nSPS) is 13.6. The van der Waals surface area contributed by atoms with Gasteiger partial charge in [-0.2, -0.15) is 5.10 Å². The highest BCUT2D eigenvalue weighted by molar-refractivity contribution is 5.54. The van der Waals surface area contributed by atoms with Crippen molar-refractivity contribution >= 4 is 0 Å². The maximum atomic E-state index is 4.66. The third-order valence-electron chi connectivity index (χ3n) is 4.22. The van der Waals surface area contributed by atoms with Crippen LogP contribution in [0.3, 0.4) is 0 Å². The Bertz CT molecular complexity index is 781. The second-order valence-corrected chi connectivity index (χ2v) is 6.15. The fourth-order valence-electron chi connectivity index (χ4n) is 2.54. The summed E-state index contributed by atoms with van der Waals surface area (Å²) in [5.74, 6) is 0.762. The Morgan fingerprint density at radius 3 is 2.62 bits per heavy atom.